The van der Waals surface area contributed by atoms with E-state index in [0.29, 0.717) is 0 Å². The summed E-state index contributed by atoms with van der Waals surface area (Å²) in [5.74, 6) is 0. The molecule has 0 bridgehead atoms. The van der Waals surface area contributed by atoms with Gasteiger partial charge in [-0.1, -0.05) is 352 Å². The van der Waals surface area contributed by atoms with E-state index >= 15 is 0 Å². The van der Waals surface area contributed by atoms with Crippen LogP contribution in [0.4, 0.5) is 0 Å². The summed E-state index contributed by atoms with van der Waals surface area (Å²) < 4.78 is 0. The van der Waals surface area contributed by atoms with E-state index in [-0.39, 0.29) is 21.7 Å². The van der Waals surface area contributed by atoms with Gasteiger partial charge in [0.2, 0.25) is 0 Å². The lowest BCUT2D eigenvalue weighted by atomic mass is 9.79. The van der Waals surface area contributed by atoms with Crippen molar-refractivity contribution in [3.8, 4) is 111 Å². The van der Waals surface area contributed by atoms with E-state index in [2.05, 4.69) is 397 Å². The van der Waals surface area contributed by atoms with Crippen molar-refractivity contribution in [2.75, 3.05) is 0 Å². The molecular weight excluding hydrogens is 1320 g/mol. The van der Waals surface area contributed by atoms with Crippen LogP contribution < -0.4 is 0 Å². The Morgan fingerprint density at radius 3 is 0.845 bits per heavy atom. The minimum Gasteiger partial charge on any atom is -0.0619 e. The largest absolute Gasteiger partial charge is 0.0619 e. The monoisotopic (exact) mass is 1400 g/mol. The molecule has 18 aromatic rings. The first-order valence-corrected chi connectivity index (χ1v) is 39.4. The average Bonchev–Trinajstić information content (AvgIpc) is 1.22. The van der Waals surface area contributed by atoms with Gasteiger partial charge < -0.3 is 0 Å². The Bertz CT molecular complexity index is 7040. The van der Waals surface area contributed by atoms with Gasteiger partial charge in [0.25, 0.3) is 0 Å². The second-order valence-electron chi connectivity index (χ2n) is 33.9. The molecular formula is C110H84. The van der Waals surface area contributed by atoms with Gasteiger partial charge in [0, 0.05) is 21.7 Å². The smallest absolute Gasteiger partial charge is 0.0159 e. The van der Waals surface area contributed by atoms with Gasteiger partial charge in [0.1, 0.15) is 0 Å². The van der Waals surface area contributed by atoms with Crippen LogP contribution in [0.15, 0.2) is 328 Å². The van der Waals surface area contributed by atoms with Crippen LogP contribution in [0, 0.1) is 13.8 Å². The third-order valence-electron chi connectivity index (χ3n) is 26.2. The molecule has 0 saturated heterocycles. The summed E-state index contributed by atoms with van der Waals surface area (Å²) >= 11 is 0. The molecule has 0 N–H and O–H groups in total. The normalized spacial score (nSPS) is 14.6. The summed E-state index contributed by atoms with van der Waals surface area (Å²) in [7, 11) is 0. The Labute approximate surface area is 645 Å². The fourth-order valence-corrected chi connectivity index (χ4v) is 20.6. The Morgan fingerprint density at radius 2 is 0.436 bits per heavy atom. The van der Waals surface area contributed by atoms with Crippen molar-refractivity contribution in [1.29, 1.82) is 0 Å². The summed E-state index contributed by atoms with van der Waals surface area (Å²) in [5.41, 5.74) is 39.7. The molecule has 4 aliphatic carbocycles. The third-order valence-corrected chi connectivity index (χ3v) is 26.2. The van der Waals surface area contributed by atoms with Gasteiger partial charge in [0.15, 0.2) is 0 Å². The van der Waals surface area contributed by atoms with Crippen molar-refractivity contribution in [2.45, 2.75) is 90.9 Å². The molecule has 524 valence electrons. The zero-order chi connectivity index (χ0) is 74.4. The van der Waals surface area contributed by atoms with Crippen LogP contribution in [-0.2, 0) is 21.7 Å². The second-order valence-corrected chi connectivity index (χ2v) is 33.9. The maximum absolute atomic E-state index is 2.51. The van der Waals surface area contributed by atoms with Gasteiger partial charge >= 0.3 is 0 Å². The predicted molar refractivity (Wildman–Crippen MR) is 470 cm³/mol. The van der Waals surface area contributed by atoms with Crippen LogP contribution in [0.2, 0.25) is 0 Å². The molecule has 0 heterocycles. The molecule has 0 aromatic heterocycles. The number of hydrogen-bond acceptors (Lipinski definition) is 0. The minimum atomic E-state index is -0.167. The topological polar surface area (TPSA) is 0 Å². The van der Waals surface area contributed by atoms with Crippen molar-refractivity contribution < 1.29 is 0 Å². The van der Waals surface area contributed by atoms with E-state index in [9.17, 15) is 0 Å². The van der Waals surface area contributed by atoms with Crippen molar-refractivity contribution in [1.82, 2.24) is 0 Å². The predicted octanol–water partition coefficient (Wildman–Crippen LogP) is 30.1. The molecule has 0 unspecified atom stereocenters. The highest BCUT2D eigenvalue weighted by Gasteiger charge is 2.40. The van der Waals surface area contributed by atoms with E-state index in [1.807, 2.05) is 0 Å². The zero-order valence-electron chi connectivity index (χ0n) is 64.2. The fraction of sp³-hybridized carbons (Fsp3) is 0.127. The Morgan fingerprint density at radius 1 is 0.155 bits per heavy atom. The summed E-state index contributed by atoms with van der Waals surface area (Å²) in [5, 5.41) is 15.5. The van der Waals surface area contributed by atoms with Crippen LogP contribution in [0.1, 0.15) is 111 Å². The van der Waals surface area contributed by atoms with Gasteiger partial charge in [-0.25, -0.2) is 0 Å². The molecule has 0 radical (unpaired) electrons. The number of rotatable bonds is 6. The van der Waals surface area contributed by atoms with E-state index < -0.39 is 0 Å². The molecule has 22 rings (SSSR count). The minimum absolute atomic E-state index is 0.0273. The molecule has 4 aliphatic rings. The first kappa shape index (κ1) is 65.8. The second kappa shape index (κ2) is 24.0. The standard InChI is InChI=1S/C60H48.C50H36/c1-35-20-25-48-49(30-35)57(39-24-28-43-41-15-11-13-19-51(41)59(4,5)54(43)34-39)47-17-9-8-16-46(47)56(48)38-23-29-45-44-27-22-37(32-53(44)60(6,7)55(45)33-38)36-21-26-42-40-14-10-12-18-50(40)58(2,3)52(42)31-36;1-31-23-25-43-45(27-31)49(35-24-26-40-39-19-10-11-22-46(39)50(2,3)47(40)30-35)42-21-9-8-20-41(42)48(43)34-15-12-14-32(28-34)44-29-33-13-4-5-16-36(33)37-17-6-7-18-38(37)44/h8-34H,1-7H3;4-30H,1-3H3. The van der Waals surface area contributed by atoms with Gasteiger partial charge in [0.05, 0.1) is 0 Å². The average molecular weight is 1410 g/mol. The van der Waals surface area contributed by atoms with Crippen LogP contribution in [-0.4, -0.2) is 0 Å². The van der Waals surface area contributed by atoms with Gasteiger partial charge in [-0.15, -0.1) is 0 Å². The molecule has 0 heteroatoms. The van der Waals surface area contributed by atoms with E-state index in [0.717, 1.165) is 0 Å². The van der Waals surface area contributed by atoms with E-state index in [4.69, 9.17) is 0 Å². The SMILES string of the molecule is Cc1ccc2c(-c3ccc4c(c3)C(C)(C)c3cc(-c5ccc6c(c5)C(C)(C)c5ccccc5-6)ccc3-4)c3ccccc3c(-c3ccc4c(c3)C(C)(C)c3ccccc3-4)c2c1.Cc1ccc2c(-c3cccc(-c4cc5ccccc5c5ccccc45)c3)c3ccccc3c(-c3ccc4c(c3)C(C)(C)c3ccccc3-4)c2c1. The number of hydrogen-bond donors (Lipinski definition) is 0. The highest BCUT2D eigenvalue weighted by Crippen LogP contribution is 2.57. The quantitative estimate of drug-likeness (QED) is 0.115. The molecule has 18 aromatic carbocycles. The number of fused-ring (bicyclic) bond motifs is 19. The number of benzene rings is 18. The Balaban J connectivity index is 0.000000142. The molecule has 0 nitrogen and oxygen atoms in total. The Hall–Kier alpha value is -12.5. The molecule has 110 heavy (non-hydrogen) atoms. The summed E-state index contributed by atoms with van der Waals surface area (Å²) in [6.07, 6.45) is 0. The fourth-order valence-electron chi connectivity index (χ4n) is 20.6. The maximum Gasteiger partial charge on any atom is 0.0159 e. The zero-order valence-corrected chi connectivity index (χ0v) is 64.2. The van der Waals surface area contributed by atoms with Crippen molar-refractivity contribution >= 4 is 64.6 Å². The van der Waals surface area contributed by atoms with Crippen LogP contribution in [0.5, 0.6) is 0 Å². The van der Waals surface area contributed by atoms with Crippen LogP contribution >= 0.6 is 0 Å². The van der Waals surface area contributed by atoms with E-state index in [1.165, 1.54) is 232 Å². The lowest BCUT2D eigenvalue weighted by Crippen LogP contribution is -2.15. The summed E-state index contributed by atoms with van der Waals surface area (Å²) in [6, 6.07) is 124. The Kier molecular flexibility index (Phi) is 14.4. The van der Waals surface area contributed by atoms with Gasteiger partial charge in [-0.05, 0) is 277 Å². The van der Waals surface area contributed by atoms with Gasteiger partial charge in [-0.3, -0.25) is 0 Å². The lowest BCUT2D eigenvalue weighted by molar-refractivity contribution is 0.659. The summed E-state index contributed by atoms with van der Waals surface area (Å²) in [4.78, 5) is 0. The summed E-state index contributed by atoms with van der Waals surface area (Å²) in [6.45, 7) is 23.5. The highest BCUT2D eigenvalue weighted by atomic mass is 14.4. The molecule has 0 amide bonds. The molecule has 0 aliphatic heterocycles. The molecule has 0 saturated carbocycles. The molecule has 0 atom stereocenters. The van der Waals surface area contributed by atoms with Crippen LogP contribution in [0.3, 0.4) is 0 Å². The maximum atomic E-state index is 2.51. The number of aryl methyl sites for hydroxylation is 2. The van der Waals surface area contributed by atoms with Crippen molar-refractivity contribution in [2.24, 2.45) is 0 Å². The van der Waals surface area contributed by atoms with Gasteiger partial charge in [-0.2, -0.15) is 0 Å². The first-order valence-electron chi connectivity index (χ1n) is 39.4. The van der Waals surface area contributed by atoms with E-state index in [1.54, 1.807) is 0 Å². The van der Waals surface area contributed by atoms with Crippen LogP contribution in [0.25, 0.3) is 176 Å². The molecule has 0 spiro atoms. The first-order chi connectivity index (χ1) is 53.4. The highest BCUT2D eigenvalue weighted by molar-refractivity contribution is 6.24. The third kappa shape index (κ3) is 9.64. The lowest BCUT2D eigenvalue weighted by Gasteiger charge is -2.24. The van der Waals surface area contributed by atoms with Crippen molar-refractivity contribution in [3.05, 3.63) is 383 Å². The molecule has 0 fully saturated rings. The van der Waals surface area contributed by atoms with Crippen molar-refractivity contribution in [3.63, 3.8) is 0 Å².